The molecule has 2 aliphatic heterocycles. The average molecular weight is 375 g/mol. The molecular formula is C19H26N4O2S. The second-order valence-electron chi connectivity index (χ2n) is 7.80. The molecule has 6 nitrogen and oxygen atoms in total. The Labute approximate surface area is 158 Å². The van der Waals surface area contributed by atoms with Crippen molar-refractivity contribution in [1.82, 2.24) is 19.9 Å². The highest BCUT2D eigenvalue weighted by atomic mass is 32.1. The van der Waals surface area contributed by atoms with E-state index in [1.807, 2.05) is 18.7 Å². The Morgan fingerprint density at radius 2 is 1.96 bits per heavy atom. The number of aromatic nitrogens is 2. The van der Waals surface area contributed by atoms with Gasteiger partial charge >= 0.3 is 0 Å². The summed E-state index contributed by atoms with van der Waals surface area (Å²) in [5.41, 5.74) is 2.88. The maximum atomic E-state index is 13.0. The zero-order valence-corrected chi connectivity index (χ0v) is 16.8. The van der Waals surface area contributed by atoms with Crippen molar-refractivity contribution in [2.75, 3.05) is 19.6 Å². The third-order valence-corrected chi connectivity index (χ3v) is 6.84. The van der Waals surface area contributed by atoms with Gasteiger partial charge in [0.15, 0.2) is 0 Å². The van der Waals surface area contributed by atoms with Gasteiger partial charge in [-0.25, -0.2) is 4.98 Å². The fourth-order valence-corrected chi connectivity index (χ4v) is 5.36. The predicted octanol–water partition coefficient (Wildman–Crippen LogP) is 2.99. The van der Waals surface area contributed by atoms with Crippen LogP contribution in [0.3, 0.4) is 0 Å². The third kappa shape index (κ3) is 2.97. The Balaban J connectivity index is 1.41. The highest BCUT2D eigenvalue weighted by molar-refractivity contribution is 7.11. The van der Waals surface area contributed by atoms with E-state index in [1.54, 1.807) is 11.3 Å². The molecule has 0 aliphatic carbocycles. The topological polar surface area (TPSA) is 62.5 Å². The van der Waals surface area contributed by atoms with Gasteiger partial charge in [-0.05, 0) is 47.1 Å². The quantitative estimate of drug-likeness (QED) is 0.770. The second-order valence-corrected chi connectivity index (χ2v) is 9.09. The largest absolute Gasteiger partial charge is 0.361 e. The zero-order valence-electron chi connectivity index (χ0n) is 16.0. The molecule has 0 saturated carbocycles. The van der Waals surface area contributed by atoms with Crippen molar-refractivity contribution >= 4 is 17.2 Å². The van der Waals surface area contributed by atoms with Gasteiger partial charge in [-0.1, -0.05) is 5.16 Å². The Morgan fingerprint density at radius 3 is 2.58 bits per heavy atom. The molecule has 4 heterocycles. The molecule has 0 N–H and O–H groups in total. The number of rotatable bonds is 4. The maximum absolute atomic E-state index is 13.0. The van der Waals surface area contributed by atoms with Crippen LogP contribution < -0.4 is 0 Å². The van der Waals surface area contributed by atoms with E-state index in [2.05, 4.69) is 28.9 Å². The van der Waals surface area contributed by atoms with Gasteiger partial charge in [0.05, 0.1) is 28.4 Å². The van der Waals surface area contributed by atoms with Gasteiger partial charge in [-0.2, -0.15) is 0 Å². The minimum atomic E-state index is -0.190. The molecule has 1 spiro atoms. The number of amides is 1. The molecule has 2 fully saturated rings. The predicted molar refractivity (Wildman–Crippen MR) is 99.9 cm³/mol. The molecule has 7 heteroatoms. The molecule has 2 aliphatic rings. The van der Waals surface area contributed by atoms with Crippen LogP contribution in [0, 0.1) is 33.1 Å². The van der Waals surface area contributed by atoms with Gasteiger partial charge in [-0.15, -0.1) is 11.3 Å². The molecule has 0 bridgehead atoms. The first-order valence-electron chi connectivity index (χ1n) is 9.24. The lowest BCUT2D eigenvalue weighted by atomic mass is 9.72. The van der Waals surface area contributed by atoms with E-state index in [1.165, 1.54) is 4.88 Å². The van der Waals surface area contributed by atoms with Gasteiger partial charge in [-0.3, -0.25) is 9.69 Å². The number of hydrogen-bond donors (Lipinski definition) is 0. The van der Waals surface area contributed by atoms with Gasteiger partial charge < -0.3 is 9.42 Å². The van der Waals surface area contributed by atoms with Gasteiger partial charge in [0.1, 0.15) is 5.76 Å². The van der Waals surface area contributed by atoms with Crippen LogP contribution in [-0.4, -0.2) is 45.5 Å². The molecule has 2 aromatic rings. The number of piperidine rings is 1. The normalized spacial score (nSPS) is 23.7. The van der Waals surface area contributed by atoms with Crippen LogP contribution in [-0.2, 0) is 17.9 Å². The number of carbonyl (C=O) groups excluding carboxylic acids is 1. The summed E-state index contributed by atoms with van der Waals surface area (Å²) >= 11 is 1.78. The molecule has 2 aromatic heterocycles. The summed E-state index contributed by atoms with van der Waals surface area (Å²) in [6, 6.07) is 0. The van der Waals surface area contributed by atoms with Crippen LogP contribution in [0.5, 0.6) is 0 Å². The summed E-state index contributed by atoms with van der Waals surface area (Å²) in [7, 11) is 0. The van der Waals surface area contributed by atoms with E-state index in [0.29, 0.717) is 12.5 Å². The molecule has 1 amide bonds. The Bertz CT molecular complexity index is 823. The third-order valence-electron chi connectivity index (χ3n) is 5.79. The Kier molecular flexibility index (Phi) is 4.39. The molecular weight excluding hydrogens is 348 g/mol. The van der Waals surface area contributed by atoms with Crippen molar-refractivity contribution < 1.29 is 9.32 Å². The first-order chi connectivity index (χ1) is 12.4. The molecule has 0 unspecified atom stereocenters. The van der Waals surface area contributed by atoms with Crippen LogP contribution in [0.1, 0.15) is 45.4 Å². The van der Waals surface area contributed by atoms with E-state index in [-0.39, 0.29) is 5.41 Å². The maximum Gasteiger partial charge on any atom is 0.232 e. The molecule has 140 valence electrons. The molecule has 0 aromatic carbocycles. The van der Waals surface area contributed by atoms with Crippen LogP contribution in [0.25, 0.3) is 0 Å². The molecule has 0 radical (unpaired) electrons. The summed E-state index contributed by atoms with van der Waals surface area (Å²) in [5.74, 6) is 1.11. The summed E-state index contributed by atoms with van der Waals surface area (Å²) < 4.78 is 5.23. The second kappa shape index (κ2) is 6.46. The SMILES string of the molecule is Cc1nc(C)c(CN2CCC[C@@]3(C2)CN(Cc2c(C)noc2C)C3=O)s1. The van der Waals surface area contributed by atoms with Gasteiger partial charge in [0.25, 0.3) is 0 Å². The van der Waals surface area contributed by atoms with Crippen molar-refractivity contribution in [3.63, 3.8) is 0 Å². The summed E-state index contributed by atoms with van der Waals surface area (Å²) in [5, 5.41) is 5.12. The van der Waals surface area contributed by atoms with E-state index < -0.39 is 0 Å². The van der Waals surface area contributed by atoms with E-state index in [4.69, 9.17) is 4.52 Å². The van der Waals surface area contributed by atoms with Crippen LogP contribution >= 0.6 is 11.3 Å². The lowest BCUT2D eigenvalue weighted by Gasteiger charge is -2.53. The molecule has 26 heavy (non-hydrogen) atoms. The standard InChI is InChI=1S/C19H26N4O2S/c1-12-16(14(3)25-21-12)8-23-11-19(18(23)24)6-5-7-22(10-19)9-17-13(2)20-15(4)26-17/h5-11H2,1-4H3/t19-/m1/s1. The number of aryl methyl sites for hydroxylation is 4. The summed E-state index contributed by atoms with van der Waals surface area (Å²) in [6.45, 7) is 12.3. The Morgan fingerprint density at radius 1 is 1.15 bits per heavy atom. The van der Waals surface area contributed by atoms with Crippen molar-refractivity contribution in [2.45, 2.75) is 53.6 Å². The number of likely N-dealkylation sites (tertiary alicyclic amines) is 2. The van der Waals surface area contributed by atoms with Gasteiger partial charge in [0.2, 0.25) is 5.91 Å². The molecule has 2 saturated heterocycles. The average Bonchev–Trinajstić information content (AvgIpc) is 3.09. The summed E-state index contributed by atoms with van der Waals surface area (Å²) in [6.07, 6.45) is 2.09. The fourth-order valence-electron chi connectivity index (χ4n) is 4.38. The van der Waals surface area contributed by atoms with Crippen LogP contribution in [0.4, 0.5) is 0 Å². The van der Waals surface area contributed by atoms with E-state index >= 15 is 0 Å². The first-order valence-corrected chi connectivity index (χ1v) is 10.1. The highest BCUT2D eigenvalue weighted by Gasteiger charge is 2.53. The van der Waals surface area contributed by atoms with Crippen LogP contribution in [0.15, 0.2) is 4.52 Å². The minimum absolute atomic E-state index is 0.190. The van der Waals surface area contributed by atoms with Crippen molar-refractivity contribution in [3.05, 3.63) is 32.6 Å². The van der Waals surface area contributed by atoms with Crippen molar-refractivity contribution in [2.24, 2.45) is 5.41 Å². The summed E-state index contributed by atoms with van der Waals surface area (Å²) in [4.78, 5) is 23.3. The Hall–Kier alpha value is -1.73. The number of carbonyl (C=O) groups is 1. The number of thiazole rings is 1. The number of β-lactam (4-membered cyclic amide) rings is 1. The first kappa shape index (κ1) is 17.7. The van der Waals surface area contributed by atoms with E-state index in [9.17, 15) is 4.79 Å². The molecule has 1 atom stereocenters. The molecule has 4 rings (SSSR count). The lowest BCUT2D eigenvalue weighted by molar-refractivity contribution is -0.167. The van der Waals surface area contributed by atoms with Gasteiger partial charge in [0, 0.05) is 30.1 Å². The number of nitrogens with zero attached hydrogens (tertiary/aromatic N) is 4. The lowest BCUT2D eigenvalue weighted by Crippen LogP contribution is -2.66. The number of hydrogen-bond acceptors (Lipinski definition) is 6. The smallest absolute Gasteiger partial charge is 0.232 e. The van der Waals surface area contributed by atoms with Crippen molar-refractivity contribution in [1.29, 1.82) is 0 Å². The zero-order chi connectivity index (χ0) is 18.5. The van der Waals surface area contributed by atoms with Crippen LogP contribution in [0.2, 0.25) is 0 Å². The monoisotopic (exact) mass is 374 g/mol. The fraction of sp³-hybridized carbons (Fsp3) is 0.632. The van der Waals surface area contributed by atoms with E-state index in [0.717, 1.165) is 66.7 Å². The minimum Gasteiger partial charge on any atom is -0.361 e. The van der Waals surface area contributed by atoms with Crippen molar-refractivity contribution in [3.8, 4) is 0 Å². The highest BCUT2D eigenvalue weighted by Crippen LogP contribution is 2.42.